The Kier molecular flexibility index (Phi) is 7.85. The molecule has 16 heavy (non-hydrogen) atoms. The fourth-order valence-corrected chi connectivity index (χ4v) is 1.53. The van der Waals surface area contributed by atoms with Gasteiger partial charge < -0.3 is 14.2 Å². The van der Waals surface area contributed by atoms with Crippen molar-refractivity contribution < 1.29 is 23.5 Å². The lowest BCUT2D eigenvalue weighted by Crippen LogP contribution is -2.27. The predicted molar refractivity (Wildman–Crippen MR) is 61.7 cm³/mol. The van der Waals surface area contributed by atoms with Crippen molar-refractivity contribution in [1.82, 2.24) is 0 Å². The number of rotatable bonds is 9. The summed E-state index contributed by atoms with van der Waals surface area (Å²) in [6.45, 7) is 4.04. The van der Waals surface area contributed by atoms with E-state index < -0.39 is 13.7 Å². The molecule has 1 unspecified atom stereocenters. The Morgan fingerprint density at radius 1 is 1.38 bits per heavy atom. The first-order valence-corrected chi connectivity index (χ1v) is 6.54. The van der Waals surface area contributed by atoms with Crippen molar-refractivity contribution in [2.24, 2.45) is 5.41 Å². The number of Topliss-reactive ketones (excluding diaryl/α,β-unsaturated/α-hetero) is 1. The number of methoxy groups -OCH3 is 1. The normalized spacial score (nSPS) is 13.8. The molecule has 0 aliphatic rings. The van der Waals surface area contributed by atoms with E-state index >= 15 is 0 Å². The largest absolute Gasteiger partial charge is 0.385 e. The van der Waals surface area contributed by atoms with Crippen LogP contribution in [0.3, 0.4) is 0 Å². The van der Waals surface area contributed by atoms with Gasteiger partial charge in [-0.2, -0.15) is 0 Å². The fourth-order valence-electron chi connectivity index (χ4n) is 1.28. The van der Waals surface area contributed by atoms with E-state index in [1.165, 1.54) is 0 Å². The van der Waals surface area contributed by atoms with E-state index in [4.69, 9.17) is 9.63 Å². The summed E-state index contributed by atoms with van der Waals surface area (Å²) in [6.07, 6.45) is 2.52. The van der Waals surface area contributed by atoms with Crippen LogP contribution < -0.4 is 0 Å². The van der Waals surface area contributed by atoms with Crippen molar-refractivity contribution in [2.75, 3.05) is 20.3 Å². The van der Waals surface area contributed by atoms with E-state index in [0.29, 0.717) is 6.61 Å². The van der Waals surface area contributed by atoms with Crippen molar-refractivity contribution in [2.45, 2.75) is 33.1 Å². The van der Waals surface area contributed by atoms with E-state index in [1.54, 1.807) is 7.11 Å². The molecule has 0 saturated carbocycles. The molecule has 1 atom stereocenters. The van der Waals surface area contributed by atoms with E-state index in [-0.39, 0.29) is 12.4 Å². The maximum Gasteiger partial charge on any atom is 0.317 e. The molecule has 0 aliphatic carbocycles. The molecule has 0 bridgehead atoms. The number of ketones is 1. The lowest BCUT2D eigenvalue weighted by atomic mass is 9.83. The van der Waals surface area contributed by atoms with Gasteiger partial charge in [-0.05, 0) is 12.8 Å². The molecular formula is C10H21O5P. The van der Waals surface area contributed by atoms with Crippen LogP contribution in [0.4, 0.5) is 0 Å². The number of hydrogen-bond acceptors (Lipinski definition) is 4. The summed E-state index contributed by atoms with van der Waals surface area (Å²) in [5, 5.41) is 0. The number of carbonyl (C=O) groups is 1. The molecule has 1 N–H and O–H groups in total. The van der Waals surface area contributed by atoms with Crippen LogP contribution in [0.2, 0.25) is 0 Å². The molecule has 0 aliphatic heterocycles. The number of unbranched alkanes of at least 4 members (excludes halogenated alkanes) is 1. The van der Waals surface area contributed by atoms with Crippen LogP contribution in [-0.2, 0) is 18.6 Å². The van der Waals surface area contributed by atoms with Gasteiger partial charge in [0.15, 0.2) is 5.78 Å². The summed E-state index contributed by atoms with van der Waals surface area (Å²) in [4.78, 5) is 20.1. The van der Waals surface area contributed by atoms with Gasteiger partial charge in [0.1, 0.15) is 6.61 Å². The molecule has 0 saturated heterocycles. The van der Waals surface area contributed by atoms with Gasteiger partial charge in [-0.15, -0.1) is 0 Å². The molecule has 0 rings (SSSR count). The lowest BCUT2D eigenvalue weighted by molar-refractivity contribution is -0.129. The predicted octanol–water partition coefficient (Wildman–Crippen LogP) is 1.80. The molecule has 0 aromatic carbocycles. The van der Waals surface area contributed by atoms with Crippen molar-refractivity contribution in [3.05, 3.63) is 0 Å². The second kappa shape index (κ2) is 7.96. The molecule has 0 amide bonds. The monoisotopic (exact) mass is 252 g/mol. The minimum Gasteiger partial charge on any atom is -0.385 e. The Hall–Kier alpha value is -0.220. The average Bonchev–Trinajstić information content (AvgIpc) is 2.20. The third-order valence-corrected chi connectivity index (χ3v) is 2.87. The van der Waals surface area contributed by atoms with E-state index in [2.05, 4.69) is 4.52 Å². The first-order chi connectivity index (χ1) is 7.40. The SMILES string of the molecule is COCCCCC(C)(C)C(=O)CO[PH](=O)O. The van der Waals surface area contributed by atoms with Crippen molar-refractivity contribution in [3.8, 4) is 0 Å². The first-order valence-electron chi connectivity index (χ1n) is 5.28. The summed E-state index contributed by atoms with van der Waals surface area (Å²) in [7, 11) is -1.37. The zero-order chi connectivity index (χ0) is 12.6. The smallest absolute Gasteiger partial charge is 0.317 e. The topological polar surface area (TPSA) is 72.8 Å². The summed E-state index contributed by atoms with van der Waals surface area (Å²) in [6, 6.07) is 0. The Bertz CT molecular complexity index is 239. The Balaban J connectivity index is 3.90. The summed E-state index contributed by atoms with van der Waals surface area (Å²) < 4.78 is 19.7. The summed E-state index contributed by atoms with van der Waals surface area (Å²) in [5.41, 5.74) is -0.509. The highest BCUT2D eigenvalue weighted by Crippen LogP contribution is 2.26. The van der Waals surface area contributed by atoms with Gasteiger partial charge in [0.25, 0.3) is 0 Å². The summed E-state index contributed by atoms with van der Waals surface area (Å²) in [5.74, 6) is -0.141. The molecule has 96 valence electrons. The quantitative estimate of drug-likeness (QED) is 0.500. The van der Waals surface area contributed by atoms with E-state index in [0.717, 1.165) is 19.3 Å². The minimum atomic E-state index is -3.01. The zero-order valence-corrected chi connectivity index (χ0v) is 11.1. The van der Waals surface area contributed by atoms with Crippen molar-refractivity contribution in [3.63, 3.8) is 0 Å². The van der Waals surface area contributed by atoms with Gasteiger partial charge in [-0.3, -0.25) is 9.36 Å². The van der Waals surface area contributed by atoms with Gasteiger partial charge in [0, 0.05) is 19.1 Å². The third kappa shape index (κ3) is 7.12. The van der Waals surface area contributed by atoms with E-state index in [1.807, 2.05) is 13.8 Å². The van der Waals surface area contributed by atoms with E-state index in [9.17, 15) is 9.36 Å². The van der Waals surface area contributed by atoms with Crippen LogP contribution in [0.15, 0.2) is 0 Å². The Labute approximate surface area is 97.1 Å². The molecule has 6 heteroatoms. The first kappa shape index (κ1) is 15.8. The molecule has 0 radical (unpaired) electrons. The minimum absolute atomic E-state index is 0.141. The molecule has 0 heterocycles. The fraction of sp³-hybridized carbons (Fsp3) is 0.900. The second-order valence-corrected chi connectivity index (χ2v) is 5.13. The standard InChI is InChI=1S/C10H21O5P/c1-10(2,6-4-5-7-14-3)9(11)8-15-16(12)13/h16H,4-8H2,1-3H3,(H,12,13). The molecule has 0 spiro atoms. The highest BCUT2D eigenvalue weighted by atomic mass is 31.1. The van der Waals surface area contributed by atoms with Gasteiger partial charge >= 0.3 is 8.25 Å². The number of ether oxygens (including phenoxy) is 1. The number of carbonyl (C=O) groups excluding carboxylic acids is 1. The van der Waals surface area contributed by atoms with Gasteiger partial charge in [0.05, 0.1) is 0 Å². The Morgan fingerprint density at radius 3 is 2.50 bits per heavy atom. The van der Waals surface area contributed by atoms with Crippen molar-refractivity contribution >= 4 is 14.0 Å². The van der Waals surface area contributed by atoms with Crippen LogP contribution in [0, 0.1) is 5.41 Å². The van der Waals surface area contributed by atoms with Gasteiger partial charge in [-0.1, -0.05) is 20.3 Å². The summed E-state index contributed by atoms with van der Waals surface area (Å²) >= 11 is 0. The van der Waals surface area contributed by atoms with Crippen molar-refractivity contribution in [1.29, 1.82) is 0 Å². The van der Waals surface area contributed by atoms with Gasteiger partial charge in [0.2, 0.25) is 0 Å². The molecule has 0 fully saturated rings. The van der Waals surface area contributed by atoms with Crippen LogP contribution >= 0.6 is 8.25 Å². The molecule has 0 aromatic heterocycles. The van der Waals surface area contributed by atoms with Crippen LogP contribution in [-0.4, -0.2) is 31.0 Å². The Morgan fingerprint density at radius 2 is 2.00 bits per heavy atom. The van der Waals surface area contributed by atoms with Gasteiger partial charge in [-0.25, -0.2) is 0 Å². The molecular weight excluding hydrogens is 231 g/mol. The maximum absolute atomic E-state index is 11.6. The van der Waals surface area contributed by atoms with Crippen LogP contribution in [0.5, 0.6) is 0 Å². The van der Waals surface area contributed by atoms with Crippen LogP contribution in [0.1, 0.15) is 33.1 Å². The second-order valence-electron chi connectivity index (χ2n) is 4.31. The molecule has 0 aromatic rings. The number of hydrogen-bond donors (Lipinski definition) is 1. The lowest BCUT2D eigenvalue weighted by Gasteiger charge is -2.22. The highest BCUT2D eigenvalue weighted by molar-refractivity contribution is 7.32. The zero-order valence-electron chi connectivity index (χ0n) is 10.1. The van der Waals surface area contributed by atoms with Crippen LogP contribution in [0.25, 0.3) is 0 Å². The average molecular weight is 252 g/mol. The third-order valence-electron chi connectivity index (χ3n) is 2.48. The molecule has 5 nitrogen and oxygen atoms in total. The maximum atomic E-state index is 11.6. The highest BCUT2D eigenvalue weighted by Gasteiger charge is 2.26.